The smallest absolute Gasteiger partial charge is 0.303 e. The van der Waals surface area contributed by atoms with E-state index < -0.39 is 15.8 Å². The normalized spacial score (nSPS) is 15.8. The first kappa shape index (κ1) is 28.0. The molecule has 1 atom stereocenters. The van der Waals surface area contributed by atoms with E-state index in [2.05, 4.69) is 0 Å². The number of hydrogen-bond donors (Lipinski definition) is 1. The van der Waals surface area contributed by atoms with Crippen molar-refractivity contribution in [2.45, 2.75) is 51.0 Å². The van der Waals surface area contributed by atoms with Crippen molar-refractivity contribution in [1.29, 1.82) is 0 Å². The van der Waals surface area contributed by atoms with Crippen molar-refractivity contribution in [3.8, 4) is 28.4 Å². The number of rotatable bonds is 11. The molecule has 1 N–H and O–H groups in total. The molecule has 1 aliphatic carbocycles. The first-order chi connectivity index (χ1) is 19.2. The predicted octanol–water partition coefficient (Wildman–Crippen LogP) is 5.71. The van der Waals surface area contributed by atoms with Gasteiger partial charge < -0.3 is 19.3 Å². The number of benzene rings is 3. The molecule has 0 radical (unpaired) electrons. The van der Waals surface area contributed by atoms with Crippen LogP contribution in [0.2, 0.25) is 0 Å². The van der Waals surface area contributed by atoms with Crippen molar-refractivity contribution in [1.82, 2.24) is 0 Å². The van der Waals surface area contributed by atoms with Crippen molar-refractivity contribution in [3.05, 3.63) is 76.6 Å². The van der Waals surface area contributed by atoms with Crippen LogP contribution in [0, 0.1) is 5.82 Å². The summed E-state index contributed by atoms with van der Waals surface area (Å²) in [7, 11) is -3.02. The van der Waals surface area contributed by atoms with Crippen molar-refractivity contribution in [3.63, 3.8) is 0 Å². The second-order valence-electron chi connectivity index (χ2n) is 10.5. The molecule has 0 amide bonds. The summed E-state index contributed by atoms with van der Waals surface area (Å²) in [6, 6.07) is 14.8. The van der Waals surface area contributed by atoms with E-state index in [0.29, 0.717) is 48.9 Å². The zero-order valence-corrected chi connectivity index (χ0v) is 23.3. The molecule has 3 aromatic carbocycles. The summed E-state index contributed by atoms with van der Waals surface area (Å²) in [5.74, 6) is 0.941. The van der Waals surface area contributed by atoms with Crippen LogP contribution in [0.3, 0.4) is 0 Å². The van der Waals surface area contributed by atoms with E-state index in [4.69, 9.17) is 19.3 Å². The van der Waals surface area contributed by atoms with Crippen LogP contribution in [0.25, 0.3) is 11.1 Å². The van der Waals surface area contributed by atoms with Gasteiger partial charge >= 0.3 is 5.97 Å². The highest BCUT2D eigenvalue weighted by atomic mass is 32.2. The molecular weight excluding hydrogens is 535 g/mol. The lowest BCUT2D eigenvalue weighted by molar-refractivity contribution is -0.137. The van der Waals surface area contributed by atoms with Crippen molar-refractivity contribution < 1.29 is 36.9 Å². The molecule has 212 valence electrons. The summed E-state index contributed by atoms with van der Waals surface area (Å²) >= 11 is 0. The Kier molecular flexibility index (Phi) is 8.30. The molecule has 5 rings (SSSR count). The van der Waals surface area contributed by atoms with Crippen LogP contribution < -0.4 is 14.2 Å². The van der Waals surface area contributed by atoms with Gasteiger partial charge in [0.2, 0.25) is 0 Å². The number of carboxylic acid groups (broad SMARTS) is 1. The second kappa shape index (κ2) is 11.9. The van der Waals surface area contributed by atoms with Gasteiger partial charge in [-0.05, 0) is 84.7 Å². The van der Waals surface area contributed by atoms with Crippen molar-refractivity contribution in [2.75, 3.05) is 25.2 Å². The summed E-state index contributed by atoms with van der Waals surface area (Å²) < 4.78 is 55.3. The van der Waals surface area contributed by atoms with E-state index in [0.717, 1.165) is 47.1 Å². The van der Waals surface area contributed by atoms with E-state index in [1.807, 2.05) is 36.4 Å². The van der Waals surface area contributed by atoms with E-state index >= 15 is 4.39 Å². The number of carboxylic acids is 1. The Bertz CT molecular complexity index is 1520. The van der Waals surface area contributed by atoms with E-state index in [1.165, 1.54) is 6.26 Å². The van der Waals surface area contributed by atoms with Gasteiger partial charge in [0, 0.05) is 35.8 Å². The maximum Gasteiger partial charge on any atom is 0.303 e. The lowest BCUT2D eigenvalue weighted by Gasteiger charge is -2.15. The van der Waals surface area contributed by atoms with Crippen LogP contribution in [0.4, 0.5) is 4.39 Å². The molecule has 1 aliphatic heterocycles. The number of halogens is 1. The number of hydrogen-bond acceptors (Lipinski definition) is 6. The highest BCUT2D eigenvalue weighted by molar-refractivity contribution is 7.90. The van der Waals surface area contributed by atoms with Gasteiger partial charge in [-0.15, -0.1) is 0 Å². The average Bonchev–Trinajstić information content (AvgIpc) is 3.23. The fourth-order valence-corrected chi connectivity index (χ4v) is 6.02. The molecular formula is C31H33FO7S. The Morgan fingerprint density at radius 2 is 1.77 bits per heavy atom. The zero-order valence-electron chi connectivity index (χ0n) is 22.5. The Balaban J connectivity index is 1.29. The molecule has 3 aromatic rings. The molecule has 0 unspecified atom stereocenters. The highest BCUT2D eigenvalue weighted by Crippen LogP contribution is 2.40. The SMILES string of the molecule is CS(=O)(=O)CCCOc1ccc2c(c1)CCCc1cc(F)c(COc3ccc4c(c3)OC[C@H]4CCC(=O)O)cc1-2. The van der Waals surface area contributed by atoms with Crippen LogP contribution in [0.1, 0.15) is 53.9 Å². The molecule has 0 aromatic heterocycles. The van der Waals surface area contributed by atoms with Crippen LogP contribution in [-0.4, -0.2) is 44.7 Å². The Hall–Kier alpha value is -3.59. The molecule has 7 nitrogen and oxygen atoms in total. The van der Waals surface area contributed by atoms with Crippen molar-refractivity contribution in [2.24, 2.45) is 0 Å². The lowest BCUT2D eigenvalue weighted by Crippen LogP contribution is -2.08. The third-order valence-electron chi connectivity index (χ3n) is 7.43. The lowest BCUT2D eigenvalue weighted by atomic mass is 9.94. The quantitative estimate of drug-likeness (QED) is 0.296. The Labute approximate surface area is 233 Å². The zero-order chi connectivity index (χ0) is 28.3. The van der Waals surface area contributed by atoms with Crippen LogP contribution in [0.15, 0.2) is 48.5 Å². The first-order valence-electron chi connectivity index (χ1n) is 13.5. The third-order valence-corrected chi connectivity index (χ3v) is 8.46. The van der Waals surface area contributed by atoms with E-state index in [1.54, 1.807) is 12.1 Å². The number of ether oxygens (including phenoxy) is 3. The molecule has 40 heavy (non-hydrogen) atoms. The summed E-state index contributed by atoms with van der Waals surface area (Å²) in [4.78, 5) is 10.9. The maximum atomic E-state index is 15.1. The minimum Gasteiger partial charge on any atom is -0.494 e. The molecule has 0 fully saturated rings. The molecule has 2 aliphatic rings. The molecule has 9 heteroatoms. The minimum absolute atomic E-state index is 0.0423. The number of carbonyl (C=O) groups is 1. The summed E-state index contributed by atoms with van der Waals surface area (Å²) in [5, 5.41) is 8.97. The fraction of sp³-hybridized carbons (Fsp3) is 0.387. The van der Waals surface area contributed by atoms with Gasteiger partial charge in [0.1, 0.15) is 39.5 Å². The largest absolute Gasteiger partial charge is 0.494 e. The van der Waals surface area contributed by atoms with Gasteiger partial charge in [0.25, 0.3) is 0 Å². The van der Waals surface area contributed by atoms with Gasteiger partial charge in [0.15, 0.2) is 0 Å². The van der Waals surface area contributed by atoms with E-state index in [9.17, 15) is 13.2 Å². The monoisotopic (exact) mass is 568 g/mol. The summed E-state index contributed by atoms with van der Waals surface area (Å²) in [5.41, 5.74) is 5.52. The van der Waals surface area contributed by atoms with Gasteiger partial charge in [0.05, 0.1) is 19.0 Å². The molecule has 0 spiro atoms. The third kappa shape index (κ3) is 6.75. The summed E-state index contributed by atoms with van der Waals surface area (Å²) in [6.07, 6.45) is 4.74. The highest BCUT2D eigenvalue weighted by Gasteiger charge is 2.25. The van der Waals surface area contributed by atoms with Crippen molar-refractivity contribution >= 4 is 15.8 Å². The molecule has 0 saturated heterocycles. The minimum atomic E-state index is -3.02. The number of aliphatic carboxylic acids is 1. The standard InChI is InChI=1S/C31H33FO7S/c1-40(35,36)13-3-12-37-24-7-9-26-20(14-24)4-2-5-21-16-29(32)23(15-28(21)26)19-38-25-8-10-27-22(6-11-31(33)34)18-39-30(27)17-25/h7-10,14-17,22H,2-6,11-13,18-19H2,1H3,(H,33,34)/t22-/m1/s1. The number of aryl methyl sites for hydroxylation is 2. The van der Waals surface area contributed by atoms with Gasteiger partial charge in [-0.3, -0.25) is 4.79 Å². The number of sulfone groups is 1. The maximum absolute atomic E-state index is 15.1. The summed E-state index contributed by atoms with van der Waals surface area (Å²) in [6.45, 7) is 0.821. The second-order valence-corrected chi connectivity index (χ2v) is 12.8. The molecule has 1 heterocycles. The van der Waals surface area contributed by atoms with Crippen LogP contribution >= 0.6 is 0 Å². The topological polar surface area (TPSA) is 99.1 Å². The first-order valence-corrected chi connectivity index (χ1v) is 15.6. The fourth-order valence-electron chi connectivity index (χ4n) is 5.38. The Morgan fingerprint density at radius 1 is 1.02 bits per heavy atom. The van der Waals surface area contributed by atoms with Gasteiger partial charge in [-0.25, -0.2) is 12.8 Å². The predicted molar refractivity (Wildman–Crippen MR) is 150 cm³/mol. The van der Waals surface area contributed by atoms with Crippen LogP contribution in [0.5, 0.6) is 17.2 Å². The molecule has 0 saturated carbocycles. The van der Waals surface area contributed by atoms with Gasteiger partial charge in [-0.1, -0.05) is 12.1 Å². The van der Waals surface area contributed by atoms with E-state index in [-0.39, 0.29) is 30.5 Å². The van der Waals surface area contributed by atoms with Crippen LogP contribution in [-0.2, 0) is 34.1 Å². The Morgan fingerprint density at radius 3 is 2.55 bits per heavy atom. The molecule has 0 bridgehead atoms. The van der Waals surface area contributed by atoms with Gasteiger partial charge in [-0.2, -0.15) is 0 Å². The average molecular weight is 569 g/mol. The number of fused-ring (bicyclic) bond motifs is 4.